The topological polar surface area (TPSA) is 82.1 Å². The molecule has 4 rings (SSSR count). The van der Waals surface area contributed by atoms with Crippen molar-refractivity contribution in [2.24, 2.45) is 11.8 Å². The standard InChI is InChI=1S/C21H25NO6/c1-11-8-16(27-19(11)24)26-10-15-14-9-12-6-5-7-13(12)17(14)22(18(15)23)20(25)28-21(2,3)4/h7-8,10,12,14,16-17H,5-6,9H2,1-4H3/t12-,14+,16?,17+/m0/s1. The second kappa shape index (κ2) is 6.50. The maximum atomic E-state index is 13.1. The monoisotopic (exact) mass is 387 g/mol. The van der Waals surface area contributed by atoms with Gasteiger partial charge in [0.2, 0.25) is 0 Å². The van der Waals surface area contributed by atoms with Crippen LogP contribution in [0.15, 0.2) is 35.1 Å². The first kappa shape index (κ1) is 18.8. The Labute approximate surface area is 164 Å². The molecule has 2 fully saturated rings. The number of rotatable bonds is 2. The lowest BCUT2D eigenvalue weighted by Crippen LogP contribution is -2.43. The van der Waals surface area contributed by atoms with Gasteiger partial charge < -0.3 is 14.2 Å². The molecule has 0 aromatic rings. The number of hydrogen-bond donors (Lipinski definition) is 0. The molecular formula is C21H25NO6. The van der Waals surface area contributed by atoms with Crippen LogP contribution in [-0.4, -0.2) is 40.8 Å². The van der Waals surface area contributed by atoms with Crippen molar-refractivity contribution in [2.75, 3.05) is 0 Å². The second-order valence-corrected chi connectivity index (χ2v) is 8.75. The van der Waals surface area contributed by atoms with Gasteiger partial charge in [-0.3, -0.25) is 4.79 Å². The molecule has 1 saturated carbocycles. The van der Waals surface area contributed by atoms with Crippen molar-refractivity contribution < 1.29 is 28.6 Å². The molecule has 0 aromatic carbocycles. The van der Waals surface area contributed by atoms with Crippen LogP contribution < -0.4 is 0 Å². The summed E-state index contributed by atoms with van der Waals surface area (Å²) in [6.45, 7) is 6.97. The highest BCUT2D eigenvalue weighted by molar-refractivity contribution is 6.06. The zero-order chi connectivity index (χ0) is 20.2. The van der Waals surface area contributed by atoms with Gasteiger partial charge in [-0.25, -0.2) is 14.5 Å². The Morgan fingerprint density at radius 3 is 2.71 bits per heavy atom. The van der Waals surface area contributed by atoms with E-state index < -0.39 is 29.9 Å². The van der Waals surface area contributed by atoms with E-state index in [1.165, 1.54) is 11.2 Å². The zero-order valence-corrected chi connectivity index (χ0v) is 16.6. The first-order chi connectivity index (χ1) is 13.2. The minimum atomic E-state index is -0.845. The molecule has 1 saturated heterocycles. The van der Waals surface area contributed by atoms with Gasteiger partial charge >= 0.3 is 12.1 Å². The van der Waals surface area contributed by atoms with Gasteiger partial charge in [0.1, 0.15) is 5.60 Å². The third kappa shape index (κ3) is 3.12. The van der Waals surface area contributed by atoms with Crippen LogP contribution in [0.1, 0.15) is 47.0 Å². The van der Waals surface area contributed by atoms with Crippen molar-refractivity contribution in [1.29, 1.82) is 0 Å². The van der Waals surface area contributed by atoms with E-state index in [9.17, 15) is 14.4 Å². The number of esters is 1. The van der Waals surface area contributed by atoms with Crippen LogP contribution in [0, 0.1) is 11.8 Å². The molecule has 0 N–H and O–H groups in total. The number of amides is 2. The van der Waals surface area contributed by atoms with E-state index in [2.05, 4.69) is 6.08 Å². The van der Waals surface area contributed by atoms with Gasteiger partial charge in [0.05, 0.1) is 17.9 Å². The second-order valence-electron chi connectivity index (χ2n) is 8.75. The summed E-state index contributed by atoms with van der Waals surface area (Å²) < 4.78 is 16.1. The largest absolute Gasteiger partial charge is 0.458 e. The van der Waals surface area contributed by atoms with E-state index in [-0.39, 0.29) is 12.0 Å². The molecule has 2 amide bonds. The number of hydrogen-bond acceptors (Lipinski definition) is 6. The normalized spacial score (nSPS) is 32.9. The number of cyclic esters (lactones) is 1. The summed E-state index contributed by atoms with van der Waals surface area (Å²) in [5.74, 6) is -0.586. The number of ether oxygens (including phenoxy) is 3. The van der Waals surface area contributed by atoms with Crippen LogP contribution in [0.25, 0.3) is 0 Å². The van der Waals surface area contributed by atoms with E-state index in [1.54, 1.807) is 33.8 Å². The van der Waals surface area contributed by atoms with Gasteiger partial charge in [-0.05, 0) is 58.4 Å². The van der Waals surface area contributed by atoms with Crippen molar-refractivity contribution in [3.63, 3.8) is 0 Å². The molecular weight excluding hydrogens is 362 g/mol. The van der Waals surface area contributed by atoms with Crippen LogP contribution in [0.2, 0.25) is 0 Å². The Kier molecular flexibility index (Phi) is 4.36. The molecule has 4 aliphatic rings. The molecule has 150 valence electrons. The van der Waals surface area contributed by atoms with Crippen LogP contribution >= 0.6 is 0 Å². The lowest BCUT2D eigenvalue weighted by Gasteiger charge is -2.27. The van der Waals surface area contributed by atoms with Crippen LogP contribution in [0.5, 0.6) is 0 Å². The van der Waals surface area contributed by atoms with Crippen molar-refractivity contribution in [3.05, 3.63) is 35.1 Å². The highest BCUT2D eigenvalue weighted by Gasteiger charge is 2.56. The smallest absolute Gasteiger partial charge is 0.417 e. The first-order valence-corrected chi connectivity index (χ1v) is 9.67. The van der Waals surface area contributed by atoms with Crippen LogP contribution in [-0.2, 0) is 23.8 Å². The third-order valence-corrected chi connectivity index (χ3v) is 5.62. The Balaban J connectivity index is 1.61. The molecule has 7 heteroatoms. The Bertz CT molecular complexity index is 830. The average Bonchev–Trinajstić information content (AvgIpc) is 3.28. The quantitative estimate of drug-likeness (QED) is 0.313. The van der Waals surface area contributed by atoms with E-state index in [1.807, 2.05) is 0 Å². The summed E-state index contributed by atoms with van der Waals surface area (Å²) in [5, 5.41) is 0. The SMILES string of the molecule is CC1=CC(OC=C2C(=O)N(C(=O)OC(C)(C)C)[C@@H]3C4=CCC[C@H]4C[C@H]23)OC1=O. The molecule has 0 spiro atoms. The fraction of sp³-hybridized carbons (Fsp3) is 0.571. The molecule has 2 heterocycles. The summed E-state index contributed by atoms with van der Waals surface area (Å²) in [4.78, 5) is 38.6. The number of carbonyl (C=O) groups excluding carboxylic acids is 3. The molecule has 7 nitrogen and oxygen atoms in total. The summed E-state index contributed by atoms with van der Waals surface area (Å²) in [6, 6.07) is -0.312. The van der Waals surface area contributed by atoms with Gasteiger partial charge in [-0.2, -0.15) is 0 Å². The fourth-order valence-corrected chi connectivity index (χ4v) is 4.48. The first-order valence-electron chi connectivity index (χ1n) is 9.67. The van der Waals surface area contributed by atoms with Crippen molar-refractivity contribution in [2.45, 2.75) is 64.9 Å². The average molecular weight is 387 g/mol. The minimum Gasteiger partial charge on any atom is -0.458 e. The molecule has 28 heavy (non-hydrogen) atoms. The Morgan fingerprint density at radius 1 is 1.32 bits per heavy atom. The van der Waals surface area contributed by atoms with Gasteiger partial charge in [-0.1, -0.05) is 6.08 Å². The number of fused-ring (bicyclic) bond motifs is 3. The lowest BCUT2D eigenvalue weighted by atomic mass is 9.96. The van der Waals surface area contributed by atoms with Gasteiger partial charge in [0.25, 0.3) is 12.2 Å². The maximum Gasteiger partial charge on any atom is 0.417 e. The maximum absolute atomic E-state index is 13.1. The van der Waals surface area contributed by atoms with Crippen LogP contribution in [0.4, 0.5) is 4.79 Å². The molecule has 0 bridgehead atoms. The number of nitrogens with zero attached hydrogens (tertiary/aromatic N) is 1. The zero-order valence-electron chi connectivity index (χ0n) is 16.6. The van der Waals surface area contributed by atoms with Crippen molar-refractivity contribution in [1.82, 2.24) is 4.90 Å². The van der Waals surface area contributed by atoms with Crippen molar-refractivity contribution >= 4 is 18.0 Å². The predicted molar refractivity (Wildman–Crippen MR) is 98.6 cm³/mol. The minimum absolute atomic E-state index is 0.126. The third-order valence-electron chi connectivity index (χ3n) is 5.62. The highest BCUT2D eigenvalue weighted by atomic mass is 16.7. The lowest BCUT2D eigenvalue weighted by molar-refractivity contribution is -0.152. The molecule has 4 atom stereocenters. The number of allylic oxidation sites excluding steroid dienone is 1. The van der Waals surface area contributed by atoms with Gasteiger partial charge in [0, 0.05) is 17.6 Å². The van der Waals surface area contributed by atoms with E-state index >= 15 is 0 Å². The fourth-order valence-electron chi connectivity index (χ4n) is 4.48. The Morgan fingerprint density at radius 2 is 2.07 bits per heavy atom. The molecule has 0 aromatic heterocycles. The summed E-state index contributed by atoms with van der Waals surface area (Å²) in [6.07, 6.45) is 6.40. The summed E-state index contributed by atoms with van der Waals surface area (Å²) in [5.41, 5.74) is 1.35. The molecule has 2 aliphatic heterocycles. The van der Waals surface area contributed by atoms with E-state index in [0.29, 0.717) is 17.1 Å². The number of carbonyl (C=O) groups is 3. The number of likely N-dealkylation sites (tertiary alicyclic amines) is 1. The van der Waals surface area contributed by atoms with E-state index in [0.717, 1.165) is 24.8 Å². The molecule has 2 aliphatic carbocycles. The summed E-state index contributed by atoms with van der Waals surface area (Å²) >= 11 is 0. The van der Waals surface area contributed by atoms with E-state index in [4.69, 9.17) is 14.2 Å². The number of imide groups is 1. The Hall–Kier alpha value is -2.57. The highest BCUT2D eigenvalue weighted by Crippen LogP contribution is 2.52. The van der Waals surface area contributed by atoms with Crippen LogP contribution in [0.3, 0.4) is 0 Å². The summed E-state index contributed by atoms with van der Waals surface area (Å²) in [7, 11) is 0. The van der Waals surface area contributed by atoms with Crippen molar-refractivity contribution in [3.8, 4) is 0 Å². The molecule has 1 unspecified atom stereocenters. The van der Waals surface area contributed by atoms with Gasteiger partial charge in [0.15, 0.2) is 0 Å². The predicted octanol–water partition coefficient (Wildman–Crippen LogP) is 3.22. The van der Waals surface area contributed by atoms with Gasteiger partial charge in [-0.15, -0.1) is 0 Å². The molecule has 0 radical (unpaired) electrons.